The molecule has 0 fully saturated rings. The van der Waals surface area contributed by atoms with E-state index < -0.39 is 0 Å². The molecule has 94 valence electrons. The number of rotatable bonds is 4. The summed E-state index contributed by atoms with van der Waals surface area (Å²) in [6.45, 7) is 1.81. The van der Waals surface area contributed by atoms with E-state index in [1.54, 1.807) is 0 Å². The van der Waals surface area contributed by atoms with Gasteiger partial charge in [-0.3, -0.25) is 4.79 Å². The van der Waals surface area contributed by atoms with E-state index in [1.165, 1.54) is 6.39 Å². The minimum atomic E-state index is -0.261. The summed E-state index contributed by atoms with van der Waals surface area (Å²) in [4.78, 5) is 15.7. The second kappa shape index (κ2) is 5.77. The minimum Gasteiger partial charge on any atom is -0.346 e. The van der Waals surface area contributed by atoms with Crippen molar-refractivity contribution >= 4 is 21.8 Å². The third kappa shape index (κ3) is 3.40. The molecular formula is C12H12BrN3O2. The van der Waals surface area contributed by atoms with Gasteiger partial charge in [-0.25, -0.2) is 0 Å². The number of aromatic nitrogens is 2. The monoisotopic (exact) mass is 309 g/mol. The lowest BCUT2D eigenvalue weighted by Crippen LogP contribution is -2.28. The maximum Gasteiger partial charge on any atom is 0.225 e. The SMILES string of the molecule is CC(NC(=O)Cc1cccc(Br)c1)c1ncon1. The van der Waals surface area contributed by atoms with Gasteiger partial charge in [0.1, 0.15) is 0 Å². The molecule has 2 rings (SSSR count). The topological polar surface area (TPSA) is 68.0 Å². The van der Waals surface area contributed by atoms with Crippen LogP contribution >= 0.6 is 15.9 Å². The first-order valence-corrected chi connectivity index (χ1v) is 6.24. The average molecular weight is 310 g/mol. The Hall–Kier alpha value is -1.69. The van der Waals surface area contributed by atoms with Crippen LogP contribution < -0.4 is 5.32 Å². The summed E-state index contributed by atoms with van der Waals surface area (Å²) < 4.78 is 5.59. The predicted molar refractivity (Wildman–Crippen MR) is 68.7 cm³/mol. The molecule has 1 aromatic carbocycles. The number of amides is 1. The van der Waals surface area contributed by atoms with Gasteiger partial charge in [-0.2, -0.15) is 4.98 Å². The summed E-state index contributed by atoms with van der Waals surface area (Å²) in [5.41, 5.74) is 0.946. The van der Waals surface area contributed by atoms with E-state index in [0.717, 1.165) is 10.0 Å². The van der Waals surface area contributed by atoms with Crippen molar-refractivity contribution in [2.75, 3.05) is 0 Å². The molecule has 1 amide bonds. The van der Waals surface area contributed by atoms with Gasteiger partial charge < -0.3 is 9.84 Å². The van der Waals surface area contributed by atoms with Gasteiger partial charge in [-0.05, 0) is 24.6 Å². The van der Waals surface area contributed by atoms with Crippen molar-refractivity contribution in [2.24, 2.45) is 0 Å². The Balaban J connectivity index is 1.93. The molecule has 1 heterocycles. The Labute approximate surface area is 113 Å². The van der Waals surface area contributed by atoms with Gasteiger partial charge in [-0.1, -0.05) is 33.2 Å². The second-order valence-electron chi connectivity index (χ2n) is 3.89. The molecular weight excluding hydrogens is 298 g/mol. The molecule has 18 heavy (non-hydrogen) atoms. The Morgan fingerprint density at radius 1 is 1.56 bits per heavy atom. The van der Waals surface area contributed by atoms with Gasteiger partial charge in [0.15, 0.2) is 5.82 Å². The zero-order chi connectivity index (χ0) is 13.0. The Morgan fingerprint density at radius 3 is 3.06 bits per heavy atom. The van der Waals surface area contributed by atoms with E-state index in [2.05, 4.69) is 35.9 Å². The molecule has 0 spiro atoms. The van der Waals surface area contributed by atoms with Gasteiger partial charge >= 0.3 is 0 Å². The van der Waals surface area contributed by atoms with Gasteiger partial charge in [0.2, 0.25) is 12.3 Å². The van der Waals surface area contributed by atoms with E-state index >= 15 is 0 Å². The first kappa shape index (κ1) is 12.8. The van der Waals surface area contributed by atoms with E-state index in [9.17, 15) is 4.79 Å². The van der Waals surface area contributed by atoms with Crippen molar-refractivity contribution in [3.05, 3.63) is 46.5 Å². The van der Waals surface area contributed by atoms with E-state index in [1.807, 2.05) is 31.2 Å². The molecule has 0 saturated carbocycles. The lowest BCUT2D eigenvalue weighted by atomic mass is 10.1. The zero-order valence-corrected chi connectivity index (χ0v) is 11.3. The van der Waals surface area contributed by atoms with Gasteiger partial charge in [0.05, 0.1) is 12.5 Å². The van der Waals surface area contributed by atoms with Crippen LogP contribution in [0.15, 0.2) is 39.7 Å². The van der Waals surface area contributed by atoms with Crippen LogP contribution in [0.4, 0.5) is 0 Å². The zero-order valence-electron chi connectivity index (χ0n) is 9.76. The number of hydrogen-bond donors (Lipinski definition) is 1. The molecule has 0 aliphatic rings. The first-order valence-electron chi connectivity index (χ1n) is 5.45. The van der Waals surface area contributed by atoms with E-state index in [-0.39, 0.29) is 11.9 Å². The van der Waals surface area contributed by atoms with E-state index in [4.69, 9.17) is 0 Å². The standard InChI is InChI=1S/C12H12BrN3O2/c1-8(12-14-7-18-16-12)15-11(17)6-9-3-2-4-10(13)5-9/h2-5,7-8H,6H2,1H3,(H,15,17). The lowest BCUT2D eigenvalue weighted by molar-refractivity contribution is -0.121. The summed E-state index contributed by atoms with van der Waals surface area (Å²) in [6, 6.07) is 7.38. The fraction of sp³-hybridized carbons (Fsp3) is 0.250. The Morgan fingerprint density at radius 2 is 2.39 bits per heavy atom. The minimum absolute atomic E-state index is 0.0783. The molecule has 1 unspecified atom stereocenters. The van der Waals surface area contributed by atoms with Crippen LogP contribution in [-0.2, 0) is 11.2 Å². The highest BCUT2D eigenvalue weighted by Crippen LogP contribution is 2.12. The predicted octanol–water partition coefficient (Wildman–Crippen LogP) is 2.25. The van der Waals surface area contributed by atoms with Gasteiger partial charge in [0, 0.05) is 4.47 Å². The van der Waals surface area contributed by atoms with Crippen molar-refractivity contribution in [3.63, 3.8) is 0 Å². The second-order valence-corrected chi connectivity index (χ2v) is 4.80. The Bertz CT molecular complexity index is 528. The molecule has 0 bridgehead atoms. The number of nitrogens with one attached hydrogen (secondary N) is 1. The van der Waals surface area contributed by atoms with Crippen LogP contribution in [0.1, 0.15) is 24.4 Å². The summed E-state index contributed by atoms with van der Waals surface area (Å²) in [6.07, 6.45) is 1.56. The normalized spacial score (nSPS) is 12.1. The maximum atomic E-state index is 11.8. The molecule has 2 aromatic rings. The smallest absolute Gasteiger partial charge is 0.225 e. The largest absolute Gasteiger partial charge is 0.346 e. The lowest BCUT2D eigenvalue weighted by Gasteiger charge is -2.10. The van der Waals surface area contributed by atoms with Crippen LogP contribution in [-0.4, -0.2) is 16.0 Å². The molecule has 1 aromatic heterocycles. The number of carbonyl (C=O) groups is 1. The quantitative estimate of drug-likeness (QED) is 0.940. The molecule has 1 atom stereocenters. The van der Waals surface area contributed by atoms with Crippen LogP contribution in [0.5, 0.6) is 0 Å². The number of carbonyl (C=O) groups excluding carboxylic acids is 1. The Kier molecular flexibility index (Phi) is 4.09. The van der Waals surface area contributed by atoms with Crippen LogP contribution in [0.2, 0.25) is 0 Å². The van der Waals surface area contributed by atoms with Crippen LogP contribution in [0.3, 0.4) is 0 Å². The molecule has 5 nitrogen and oxygen atoms in total. The molecule has 0 radical (unpaired) electrons. The van der Waals surface area contributed by atoms with Crippen molar-refractivity contribution in [3.8, 4) is 0 Å². The fourth-order valence-electron chi connectivity index (χ4n) is 1.56. The third-order valence-electron chi connectivity index (χ3n) is 2.40. The van der Waals surface area contributed by atoms with Gasteiger partial charge in [0.25, 0.3) is 0 Å². The van der Waals surface area contributed by atoms with Crippen molar-refractivity contribution in [2.45, 2.75) is 19.4 Å². The highest BCUT2D eigenvalue weighted by molar-refractivity contribution is 9.10. The third-order valence-corrected chi connectivity index (χ3v) is 2.89. The van der Waals surface area contributed by atoms with Gasteiger partial charge in [-0.15, -0.1) is 0 Å². The summed E-state index contributed by atoms with van der Waals surface area (Å²) in [7, 11) is 0. The van der Waals surface area contributed by atoms with Crippen LogP contribution in [0.25, 0.3) is 0 Å². The van der Waals surface area contributed by atoms with Crippen molar-refractivity contribution in [1.29, 1.82) is 0 Å². The average Bonchev–Trinajstić information content (AvgIpc) is 2.81. The fourth-order valence-corrected chi connectivity index (χ4v) is 2.01. The number of nitrogens with zero attached hydrogens (tertiary/aromatic N) is 2. The molecule has 0 saturated heterocycles. The molecule has 0 aliphatic heterocycles. The first-order chi connectivity index (χ1) is 8.65. The highest BCUT2D eigenvalue weighted by Gasteiger charge is 2.13. The van der Waals surface area contributed by atoms with Crippen molar-refractivity contribution < 1.29 is 9.32 Å². The van der Waals surface area contributed by atoms with Crippen LogP contribution in [0, 0.1) is 0 Å². The molecule has 1 N–H and O–H groups in total. The summed E-state index contributed by atoms with van der Waals surface area (Å²) in [5.74, 6) is 0.392. The number of benzene rings is 1. The van der Waals surface area contributed by atoms with Crippen molar-refractivity contribution in [1.82, 2.24) is 15.5 Å². The summed E-state index contributed by atoms with van der Waals surface area (Å²) >= 11 is 3.37. The highest BCUT2D eigenvalue weighted by atomic mass is 79.9. The summed E-state index contributed by atoms with van der Waals surface area (Å²) in [5, 5.41) is 6.49. The number of hydrogen-bond acceptors (Lipinski definition) is 4. The van der Waals surface area contributed by atoms with E-state index in [0.29, 0.717) is 12.2 Å². The molecule has 0 aliphatic carbocycles. The number of halogens is 1. The molecule has 6 heteroatoms. The maximum absolute atomic E-state index is 11.8.